The number of carbonyl (C=O) groups excluding carboxylic acids is 1. The van der Waals surface area contributed by atoms with Crippen molar-refractivity contribution in [1.29, 1.82) is 0 Å². The summed E-state index contributed by atoms with van der Waals surface area (Å²) in [6.45, 7) is 4.64. The number of nitrogens with zero attached hydrogens (tertiary/aromatic N) is 2. The first-order chi connectivity index (χ1) is 19.8. The summed E-state index contributed by atoms with van der Waals surface area (Å²) in [5.41, 5.74) is 3.80. The van der Waals surface area contributed by atoms with Crippen molar-refractivity contribution < 1.29 is 9.21 Å². The molecule has 0 bridgehead atoms. The van der Waals surface area contributed by atoms with Crippen LogP contribution in [0, 0.1) is 0 Å². The maximum atomic E-state index is 12.4. The molecule has 2 N–H and O–H groups in total. The van der Waals surface area contributed by atoms with Crippen molar-refractivity contribution in [2.75, 3.05) is 36.4 Å². The molecule has 0 atom stereocenters. The van der Waals surface area contributed by atoms with E-state index in [1.54, 1.807) is 36.4 Å². The van der Waals surface area contributed by atoms with Crippen LogP contribution in [0.2, 0.25) is 15.1 Å². The lowest BCUT2D eigenvalue weighted by molar-refractivity contribution is -0.115. The van der Waals surface area contributed by atoms with E-state index < -0.39 is 0 Å². The summed E-state index contributed by atoms with van der Waals surface area (Å²) in [7, 11) is 0. The summed E-state index contributed by atoms with van der Waals surface area (Å²) in [4.78, 5) is 17.2. The van der Waals surface area contributed by atoms with Gasteiger partial charge in [0.15, 0.2) is 5.11 Å². The highest BCUT2D eigenvalue weighted by Gasteiger charge is 2.18. The Morgan fingerprint density at radius 2 is 1.66 bits per heavy atom. The van der Waals surface area contributed by atoms with Gasteiger partial charge in [-0.2, -0.15) is 0 Å². The molecule has 1 fully saturated rings. The first kappa shape index (κ1) is 29.2. The maximum absolute atomic E-state index is 12.4. The molecule has 1 aromatic heterocycles. The number of benzene rings is 3. The standard InChI is InChI=1S/C31H27Cl3N4O2S/c32-22-5-12-26(28(34)19-22)29-13-10-25(40-29)11-14-30(39)36-31(41)35-23-6-8-24(9-7-23)38-17-15-37(16-18-38)20-21-3-1-2-4-27(21)33/h1-14,19H,15-18,20H2,(H2,35,36,39,41)/b14-11+. The van der Waals surface area contributed by atoms with Gasteiger partial charge in [0, 0.05) is 65.8 Å². The third-order valence-corrected chi connectivity index (χ3v) is 7.79. The van der Waals surface area contributed by atoms with E-state index in [-0.39, 0.29) is 11.0 Å². The average Bonchev–Trinajstić information content (AvgIpc) is 3.43. The van der Waals surface area contributed by atoms with Gasteiger partial charge < -0.3 is 14.6 Å². The molecule has 0 saturated carbocycles. The van der Waals surface area contributed by atoms with Crippen LogP contribution in [0.5, 0.6) is 0 Å². The zero-order chi connectivity index (χ0) is 28.8. The molecule has 5 rings (SSSR count). The third kappa shape index (κ3) is 7.91. The molecule has 0 aliphatic carbocycles. The SMILES string of the molecule is O=C(/C=C/c1ccc(-c2ccc(Cl)cc2Cl)o1)NC(=S)Nc1ccc(N2CCN(Cc3ccccc3Cl)CC2)cc1. The molecule has 10 heteroatoms. The fraction of sp³-hybridized carbons (Fsp3) is 0.161. The molecule has 1 amide bonds. The Bertz CT molecular complexity index is 1560. The zero-order valence-electron chi connectivity index (χ0n) is 21.9. The molecule has 0 spiro atoms. The second-order valence-electron chi connectivity index (χ2n) is 9.50. The Labute approximate surface area is 259 Å². The predicted molar refractivity (Wildman–Crippen MR) is 173 cm³/mol. The number of thiocarbonyl (C=S) groups is 1. The molecule has 0 radical (unpaired) electrons. The minimum absolute atomic E-state index is 0.202. The highest BCUT2D eigenvalue weighted by molar-refractivity contribution is 7.80. The third-order valence-electron chi connectivity index (χ3n) is 6.67. The summed E-state index contributed by atoms with van der Waals surface area (Å²) in [5.74, 6) is 0.697. The van der Waals surface area contributed by atoms with Gasteiger partial charge in [-0.1, -0.05) is 53.0 Å². The molecule has 210 valence electrons. The maximum Gasteiger partial charge on any atom is 0.250 e. The number of rotatable bonds is 7. The molecule has 2 heterocycles. The summed E-state index contributed by atoms with van der Waals surface area (Å²) < 4.78 is 5.79. The fourth-order valence-electron chi connectivity index (χ4n) is 4.54. The van der Waals surface area contributed by atoms with Gasteiger partial charge in [0.25, 0.3) is 0 Å². The van der Waals surface area contributed by atoms with Crippen molar-refractivity contribution in [3.63, 3.8) is 0 Å². The summed E-state index contributed by atoms with van der Waals surface area (Å²) in [5, 5.41) is 7.75. The van der Waals surface area contributed by atoms with Crippen molar-refractivity contribution in [3.8, 4) is 11.3 Å². The number of piperazine rings is 1. The summed E-state index contributed by atoms with van der Waals surface area (Å²) in [6.07, 6.45) is 2.92. The quantitative estimate of drug-likeness (QED) is 0.162. The van der Waals surface area contributed by atoms with Crippen molar-refractivity contribution in [1.82, 2.24) is 10.2 Å². The van der Waals surface area contributed by atoms with Crippen molar-refractivity contribution in [2.45, 2.75) is 6.54 Å². The zero-order valence-corrected chi connectivity index (χ0v) is 25.0. The number of amides is 1. The van der Waals surface area contributed by atoms with E-state index in [2.05, 4.69) is 38.6 Å². The van der Waals surface area contributed by atoms with Gasteiger partial charge in [0.1, 0.15) is 11.5 Å². The van der Waals surface area contributed by atoms with Gasteiger partial charge in [0.05, 0.1) is 5.02 Å². The average molecular weight is 626 g/mol. The van der Waals surface area contributed by atoms with E-state index >= 15 is 0 Å². The Balaban J connectivity index is 1.08. The van der Waals surface area contributed by atoms with Crippen LogP contribution in [0.25, 0.3) is 17.4 Å². The van der Waals surface area contributed by atoms with E-state index in [1.165, 1.54) is 6.08 Å². The Hall–Kier alpha value is -3.33. The van der Waals surface area contributed by atoms with Crippen LogP contribution in [0.1, 0.15) is 11.3 Å². The van der Waals surface area contributed by atoms with Gasteiger partial charge >= 0.3 is 0 Å². The number of halogens is 3. The second kappa shape index (κ2) is 13.6. The molecular formula is C31H27Cl3N4O2S. The van der Waals surface area contributed by atoms with E-state index in [9.17, 15) is 4.79 Å². The van der Waals surface area contributed by atoms with Gasteiger partial charge in [-0.25, -0.2) is 0 Å². The van der Waals surface area contributed by atoms with Crippen LogP contribution in [-0.2, 0) is 11.3 Å². The molecule has 6 nitrogen and oxygen atoms in total. The fourth-order valence-corrected chi connectivity index (χ4v) is 5.45. The minimum Gasteiger partial charge on any atom is -0.457 e. The Morgan fingerprint density at radius 3 is 2.39 bits per heavy atom. The lowest BCUT2D eigenvalue weighted by Crippen LogP contribution is -2.46. The molecule has 1 aliphatic rings. The van der Waals surface area contributed by atoms with Gasteiger partial charge in [-0.05, 0) is 84.5 Å². The molecular weight excluding hydrogens is 599 g/mol. The Kier molecular flexibility index (Phi) is 9.64. The van der Waals surface area contributed by atoms with E-state index in [1.807, 2.05) is 30.3 Å². The number of anilines is 2. The van der Waals surface area contributed by atoms with Crippen LogP contribution in [0.15, 0.2) is 89.4 Å². The van der Waals surface area contributed by atoms with Crippen molar-refractivity contribution in [3.05, 3.63) is 111 Å². The van der Waals surface area contributed by atoms with Crippen LogP contribution in [-0.4, -0.2) is 42.1 Å². The normalized spacial score (nSPS) is 13.9. The molecule has 4 aromatic rings. The van der Waals surface area contributed by atoms with Crippen molar-refractivity contribution >= 4 is 75.5 Å². The highest BCUT2D eigenvalue weighted by atomic mass is 35.5. The van der Waals surface area contributed by atoms with Crippen LogP contribution < -0.4 is 15.5 Å². The lowest BCUT2D eigenvalue weighted by Gasteiger charge is -2.36. The van der Waals surface area contributed by atoms with Crippen LogP contribution >= 0.6 is 47.0 Å². The van der Waals surface area contributed by atoms with E-state index in [0.29, 0.717) is 27.1 Å². The van der Waals surface area contributed by atoms with E-state index in [4.69, 9.17) is 51.4 Å². The number of hydrogen-bond donors (Lipinski definition) is 2. The topological polar surface area (TPSA) is 60.8 Å². The van der Waals surface area contributed by atoms with Crippen molar-refractivity contribution in [2.24, 2.45) is 0 Å². The predicted octanol–water partition coefficient (Wildman–Crippen LogP) is 7.76. The van der Waals surface area contributed by atoms with E-state index in [0.717, 1.165) is 54.7 Å². The lowest BCUT2D eigenvalue weighted by atomic mass is 10.2. The molecule has 41 heavy (non-hydrogen) atoms. The monoisotopic (exact) mass is 624 g/mol. The molecule has 1 aliphatic heterocycles. The number of furan rings is 1. The highest BCUT2D eigenvalue weighted by Crippen LogP contribution is 2.31. The second-order valence-corrected chi connectivity index (χ2v) is 11.2. The number of hydrogen-bond acceptors (Lipinski definition) is 5. The summed E-state index contributed by atoms with van der Waals surface area (Å²) in [6, 6.07) is 24.7. The smallest absolute Gasteiger partial charge is 0.250 e. The molecule has 3 aromatic carbocycles. The molecule has 1 saturated heterocycles. The summed E-state index contributed by atoms with van der Waals surface area (Å²) >= 11 is 23.9. The minimum atomic E-state index is -0.378. The molecule has 0 unspecified atom stereocenters. The Morgan fingerprint density at radius 1 is 0.902 bits per heavy atom. The van der Waals surface area contributed by atoms with Crippen LogP contribution in [0.3, 0.4) is 0 Å². The first-order valence-electron chi connectivity index (χ1n) is 13.0. The van der Waals surface area contributed by atoms with Gasteiger partial charge in [-0.15, -0.1) is 0 Å². The first-order valence-corrected chi connectivity index (χ1v) is 14.5. The largest absolute Gasteiger partial charge is 0.457 e. The number of nitrogens with one attached hydrogen (secondary N) is 2. The van der Waals surface area contributed by atoms with Crippen LogP contribution in [0.4, 0.5) is 11.4 Å². The van der Waals surface area contributed by atoms with Gasteiger partial charge in [0.2, 0.25) is 5.91 Å². The number of carbonyl (C=O) groups is 1. The van der Waals surface area contributed by atoms with Gasteiger partial charge in [-0.3, -0.25) is 15.0 Å².